The lowest BCUT2D eigenvalue weighted by molar-refractivity contribution is -0.161. The second-order valence-electron chi connectivity index (χ2n) is 21.6. The molecule has 91 heavy (non-hydrogen) atoms. The topological polar surface area (TPSA) is 134 Å². The molecule has 0 saturated heterocycles. The Morgan fingerprint density at radius 1 is 0.330 bits per heavy atom. The molecule has 0 saturated carbocycles. The lowest BCUT2D eigenvalue weighted by atomic mass is 10.1. The molecular weight excluding hydrogens is 1150 g/mol. The molecule has 0 aromatic carbocycles. The Morgan fingerprint density at radius 2 is 0.571 bits per heavy atom. The molecule has 0 bridgehead atoms. The van der Waals surface area contributed by atoms with Gasteiger partial charge in [0.15, 0.2) is 6.10 Å². The molecule has 0 amide bonds. The van der Waals surface area contributed by atoms with E-state index in [9.17, 15) is 19.0 Å². The molecule has 0 aliphatic heterocycles. The van der Waals surface area contributed by atoms with Gasteiger partial charge in [-0.15, -0.1) is 0 Å². The van der Waals surface area contributed by atoms with Crippen LogP contribution in [0, 0.1) is 0 Å². The predicted molar refractivity (Wildman–Crippen MR) is 394 cm³/mol. The molecule has 9 nitrogen and oxygen atoms in total. The summed E-state index contributed by atoms with van der Waals surface area (Å²) in [6.45, 7) is 3.41. The van der Waals surface area contributed by atoms with E-state index in [1.165, 1.54) is 0 Å². The van der Waals surface area contributed by atoms with Crippen LogP contribution < -0.4 is 5.73 Å². The SMILES string of the molecule is CC/C=C\C/C=C\C/C=C\C/C=C\C/C=C\C/C=C\C/C=C\C/C=C\C/C=C\C/C=C\CCCCCCC(=O)OCC(COP(=O)(O)OCCN)OC(=O)CCCCCC/C=C\C/C=C\C/C=C\C/C=C\C/C=C\C/C=C\C/C=C\C/C=C\C/C=C\C/C=C\CC. The van der Waals surface area contributed by atoms with Gasteiger partial charge in [-0.25, -0.2) is 4.57 Å². The smallest absolute Gasteiger partial charge is 0.462 e. The number of hydrogen-bond acceptors (Lipinski definition) is 8. The van der Waals surface area contributed by atoms with Gasteiger partial charge in [0, 0.05) is 19.4 Å². The summed E-state index contributed by atoms with van der Waals surface area (Å²) in [6.07, 6.45) is 117. The van der Waals surface area contributed by atoms with Gasteiger partial charge in [-0.05, 0) is 167 Å². The molecule has 0 radical (unpaired) electrons. The summed E-state index contributed by atoms with van der Waals surface area (Å²) in [5.41, 5.74) is 5.39. The fourth-order valence-corrected chi connectivity index (χ4v) is 8.98. The van der Waals surface area contributed by atoms with E-state index in [-0.39, 0.29) is 32.6 Å². The van der Waals surface area contributed by atoms with E-state index in [4.69, 9.17) is 24.3 Å². The van der Waals surface area contributed by atoms with Crippen LogP contribution in [0.1, 0.15) is 219 Å². The van der Waals surface area contributed by atoms with Crippen molar-refractivity contribution in [3.63, 3.8) is 0 Å². The van der Waals surface area contributed by atoms with Gasteiger partial charge in [0.1, 0.15) is 6.61 Å². The molecule has 0 rings (SSSR count). The Balaban J connectivity index is 4.13. The first-order chi connectivity index (χ1) is 44.8. The van der Waals surface area contributed by atoms with Crippen LogP contribution in [0.4, 0.5) is 0 Å². The molecule has 10 heteroatoms. The van der Waals surface area contributed by atoms with E-state index in [0.717, 1.165) is 180 Å². The highest BCUT2D eigenvalue weighted by Gasteiger charge is 2.26. The molecule has 504 valence electrons. The first kappa shape index (κ1) is 84.8. The second kappa shape index (κ2) is 72.9. The molecule has 0 fully saturated rings. The molecule has 0 aromatic rings. The molecule has 2 atom stereocenters. The number of carbonyl (C=O) groups excluding carboxylic acids is 2. The van der Waals surface area contributed by atoms with Crippen LogP contribution in [-0.2, 0) is 32.7 Å². The second-order valence-corrected chi connectivity index (χ2v) is 23.0. The zero-order valence-electron chi connectivity index (χ0n) is 56.5. The van der Waals surface area contributed by atoms with Gasteiger partial charge < -0.3 is 20.1 Å². The normalized spacial score (nSPS) is 14.5. The van der Waals surface area contributed by atoms with Crippen LogP contribution in [-0.4, -0.2) is 49.3 Å². The average molecular weight is 1270 g/mol. The van der Waals surface area contributed by atoms with Gasteiger partial charge in [-0.3, -0.25) is 18.6 Å². The third kappa shape index (κ3) is 72.7. The van der Waals surface area contributed by atoms with Crippen molar-refractivity contribution < 1.29 is 37.6 Å². The van der Waals surface area contributed by atoms with Crippen molar-refractivity contribution in [2.75, 3.05) is 26.4 Å². The zero-order chi connectivity index (χ0) is 65.8. The Bertz CT molecular complexity index is 2390. The van der Waals surface area contributed by atoms with Crippen LogP contribution >= 0.6 is 7.82 Å². The van der Waals surface area contributed by atoms with Gasteiger partial charge in [0.05, 0.1) is 13.2 Å². The number of phosphoric acid groups is 1. The first-order valence-corrected chi connectivity index (χ1v) is 36.0. The number of esters is 2. The summed E-state index contributed by atoms with van der Waals surface area (Å²) in [5, 5.41) is 0. The fourth-order valence-electron chi connectivity index (χ4n) is 8.22. The number of nitrogens with two attached hydrogens (primary N) is 1. The highest BCUT2D eigenvalue weighted by molar-refractivity contribution is 7.47. The minimum absolute atomic E-state index is 0.0307. The maximum atomic E-state index is 12.8. The van der Waals surface area contributed by atoms with Crippen molar-refractivity contribution >= 4 is 19.8 Å². The Labute approximate surface area is 555 Å². The summed E-state index contributed by atoms with van der Waals surface area (Å²) in [5.74, 6) is -0.909. The molecule has 3 N–H and O–H groups in total. The van der Waals surface area contributed by atoms with Crippen LogP contribution in [0.2, 0.25) is 0 Å². The number of allylic oxidation sites excluding steroid dienone is 40. The summed E-state index contributed by atoms with van der Waals surface area (Å²) in [7, 11) is -4.43. The quantitative estimate of drug-likeness (QED) is 0.0264. The van der Waals surface area contributed by atoms with Crippen molar-refractivity contribution in [3.8, 4) is 0 Å². The Morgan fingerprint density at radius 3 is 0.835 bits per heavy atom. The van der Waals surface area contributed by atoms with E-state index in [2.05, 4.69) is 257 Å². The largest absolute Gasteiger partial charge is 0.472 e. The number of phosphoric ester groups is 1. The van der Waals surface area contributed by atoms with Crippen molar-refractivity contribution in [3.05, 3.63) is 243 Å². The number of rotatable bonds is 61. The molecule has 0 aliphatic carbocycles. The maximum absolute atomic E-state index is 12.8. The van der Waals surface area contributed by atoms with Crippen molar-refractivity contribution in [1.29, 1.82) is 0 Å². The summed E-state index contributed by atoms with van der Waals surface area (Å²) in [4.78, 5) is 35.3. The predicted octanol–water partition coefficient (Wildman–Crippen LogP) is 23.2. The summed E-state index contributed by atoms with van der Waals surface area (Å²) < 4.78 is 33.1. The van der Waals surface area contributed by atoms with Crippen LogP contribution in [0.3, 0.4) is 0 Å². The average Bonchev–Trinajstić information content (AvgIpc) is 3.74. The van der Waals surface area contributed by atoms with Gasteiger partial charge in [-0.1, -0.05) is 283 Å². The molecule has 0 heterocycles. The van der Waals surface area contributed by atoms with Crippen molar-refractivity contribution in [2.45, 2.75) is 225 Å². The standard InChI is InChI=1S/C81H122NO8P/c1-3-5-7-9-11-13-15-17-19-21-23-25-27-29-31-33-35-37-39-41-43-45-47-49-51-53-55-57-59-61-63-65-67-69-71-73-80(83)87-77-79(78-89-91(85,86)88-76-75-82)90-81(84)74-72-70-68-66-64-62-60-58-56-54-52-50-48-46-44-42-40-38-36-34-32-30-28-26-24-22-20-18-16-14-12-10-8-6-4-2/h5-8,11-14,17-20,23-26,29-32,35-38,41-44,47-50,53-56,59-62,79H,3-4,9-10,15-16,21-22,27-28,33-34,39-40,45-46,51-52,57-58,63-78,82H2,1-2H3,(H,85,86)/b7-5-,8-6-,13-11-,14-12-,19-17-,20-18-,25-23-,26-24-,31-29-,32-30-,37-35-,38-36-,43-41-,44-42-,49-47-,50-48-,55-53-,56-54-,61-59-,62-60-. The van der Waals surface area contributed by atoms with Crippen molar-refractivity contribution in [1.82, 2.24) is 0 Å². The highest BCUT2D eigenvalue weighted by atomic mass is 31.2. The number of ether oxygens (including phenoxy) is 2. The van der Waals surface area contributed by atoms with E-state index in [1.54, 1.807) is 0 Å². The van der Waals surface area contributed by atoms with E-state index >= 15 is 0 Å². The van der Waals surface area contributed by atoms with E-state index in [0.29, 0.717) is 12.8 Å². The lowest BCUT2D eigenvalue weighted by Crippen LogP contribution is -2.29. The summed E-state index contributed by atoms with van der Waals surface area (Å²) >= 11 is 0. The van der Waals surface area contributed by atoms with Crippen LogP contribution in [0.25, 0.3) is 0 Å². The Hall–Kier alpha value is -6.19. The van der Waals surface area contributed by atoms with E-state index < -0.39 is 32.5 Å². The zero-order valence-corrected chi connectivity index (χ0v) is 57.4. The van der Waals surface area contributed by atoms with Crippen LogP contribution in [0.15, 0.2) is 243 Å². The van der Waals surface area contributed by atoms with Crippen molar-refractivity contribution in [2.24, 2.45) is 5.73 Å². The monoisotopic (exact) mass is 1270 g/mol. The molecular formula is C81H122NO8P. The molecule has 2 unspecified atom stereocenters. The number of unbranched alkanes of at least 4 members (excludes halogenated alkanes) is 8. The van der Waals surface area contributed by atoms with Gasteiger partial charge in [0.2, 0.25) is 0 Å². The molecule has 0 spiro atoms. The lowest BCUT2D eigenvalue weighted by Gasteiger charge is -2.19. The Kier molecular flexibility index (Phi) is 67.9. The summed E-state index contributed by atoms with van der Waals surface area (Å²) in [6, 6.07) is 0. The fraction of sp³-hybridized carbons (Fsp3) is 0.481. The van der Waals surface area contributed by atoms with Gasteiger partial charge >= 0.3 is 19.8 Å². The third-order valence-corrected chi connectivity index (χ3v) is 14.2. The van der Waals surface area contributed by atoms with Crippen LogP contribution in [0.5, 0.6) is 0 Å². The number of hydrogen-bond donors (Lipinski definition) is 2. The minimum Gasteiger partial charge on any atom is -0.462 e. The van der Waals surface area contributed by atoms with Gasteiger partial charge in [-0.2, -0.15) is 0 Å². The van der Waals surface area contributed by atoms with Gasteiger partial charge in [0.25, 0.3) is 0 Å². The highest BCUT2D eigenvalue weighted by Crippen LogP contribution is 2.43. The third-order valence-electron chi connectivity index (χ3n) is 13.2. The minimum atomic E-state index is -4.43. The number of carbonyl (C=O) groups is 2. The van der Waals surface area contributed by atoms with E-state index in [1.807, 2.05) is 0 Å². The maximum Gasteiger partial charge on any atom is 0.472 e. The first-order valence-electron chi connectivity index (χ1n) is 34.5. The molecule has 0 aliphatic rings. The molecule has 0 aromatic heterocycles.